The second-order valence-electron chi connectivity index (χ2n) is 5.91. The zero-order valence-corrected chi connectivity index (χ0v) is 12.5. The molecule has 3 rings (SSSR count). The number of hydrogen-bond donors (Lipinski definition) is 2. The summed E-state index contributed by atoms with van der Waals surface area (Å²) in [5.74, 6) is 1.07. The summed E-state index contributed by atoms with van der Waals surface area (Å²) in [5.41, 5.74) is 0.698. The number of primary sulfonamides is 1. The summed E-state index contributed by atoms with van der Waals surface area (Å²) >= 11 is 0. The highest BCUT2D eigenvalue weighted by Gasteiger charge is 2.33. The van der Waals surface area contributed by atoms with Gasteiger partial charge in [-0.1, -0.05) is 6.92 Å². The van der Waals surface area contributed by atoms with E-state index in [-0.39, 0.29) is 16.8 Å². The lowest BCUT2D eigenvalue weighted by Gasteiger charge is -2.33. The second kappa shape index (κ2) is 4.99. The van der Waals surface area contributed by atoms with E-state index in [4.69, 9.17) is 9.88 Å². The van der Waals surface area contributed by atoms with Crippen LogP contribution in [-0.2, 0) is 21.2 Å². The third-order valence-electron chi connectivity index (χ3n) is 4.05. The predicted octanol–water partition coefficient (Wildman–Crippen LogP) is 0.552. The molecule has 1 unspecified atom stereocenters. The predicted molar refractivity (Wildman–Crippen MR) is 76.3 cm³/mol. The Morgan fingerprint density at radius 1 is 1.38 bits per heavy atom. The van der Waals surface area contributed by atoms with Crippen LogP contribution in [0.2, 0.25) is 0 Å². The van der Waals surface area contributed by atoms with E-state index in [1.807, 2.05) is 0 Å². The van der Waals surface area contributed by atoms with Crippen LogP contribution in [0.3, 0.4) is 0 Å². The highest BCUT2D eigenvalue weighted by Crippen LogP contribution is 2.31. The average molecular weight is 310 g/mol. The summed E-state index contributed by atoms with van der Waals surface area (Å²) in [6.45, 7) is 2.15. The first-order chi connectivity index (χ1) is 9.83. The molecule has 0 saturated heterocycles. The van der Waals surface area contributed by atoms with Crippen LogP contribution in [0.1, 0.15) is 25.3 Å². The highest BCUT2D eigenvalue weighted by atomic mass is 32.2. The SMILES string of the molecule is CC1CC(NC(=O)C2Cc3cc(S(N)(=O)=O)ccc3O2)C1. The van der Waals surface area contributed by atoms with Crippen LogP contribution in [0, 0.1) is 5.92 Å². The monoisotopic (exact) mass is 310 g/mol. The molecule has 0 spiro atoms. The molecule has 6 nitrogen and oxygen atoms in total. The molecule has 1 saturated carbocycles. The topological polar surface area (TPSA) is 98.5 Å². The van der Waals surface area contributed by atoms with E-state index in [0.717, 1.165) is 12.8 Å². The quantitative estimate of drug-likeness (QED) is 0.852. The Kier molecular flexibility index (Phi) is 3.41. The van der Waals surface area contributed by atoms with Gasteiger partial charge in [0, 0.05) is 12.5 Å². The number of nitrogens with one attached hydrogen (secondary N) is 1. The Bertz CT molecular complexity index is 680. The number of benzene rings is 1. The summed E-state index contributed by atoms with van der Waals surface area (Å²) in [5, 5.41) is 8.06. The van der Waals surface area contributed by atoms with Crippen molar-refractivity contribution in [2.45, 2.75) is 43.2 Å². The van der Waals surface area contributed by atoms with Gasteiger partial charge in [0.05, 0.1) is 4.90 Å². The molecule has 1 fully saturated rings. The van der Waals surface area contributed by atoms with Crippen LogP contribution in [0.4, 0.5) is 0 Å². The van der Waals surface area contributed by atoms with E-state index in [1.165, 1.54) is 12.1 Å². The van der Waals surface area contributed by atoms with Gasteiger partial charge in [0.1, 0.15) is 5.75 Å². The number of carbonyl (C=O) groups is 1. The van der Waals surface area contributed by atoms with Gasteiger partial charge in [-0.2, -0.15) is 0 Å². The highest BCUT2D eigenvalue weighted by molar-refractivity contribution is 7.89. The fourth-order valence-corrected chi connectivity index (χ4v) is 3.43. The Hall–Kier alpha value is -1.60. The number of carbonyl (C=O) groups excluding carboxylic acids is 1. The maximum absolute atomic E-state index is 12.1. The van der Waals surface area contributed by atoms with E-state index in [9.17, 15) is 13.2 Å². The molecule has 3 N–H and O–H groups in total. The van der Waals surface area contributed by atoms with Gasteiger partial charge >= 0.3 is 0 Å². The smallest absolute Gasteiger partial charge is 0.261 e. The maximum Gasteiger partial charge on any atom is 0.261 e. The third kappa shape index (κ3) is 2.89. The summed E-state index contributed by atoms with van der Waals surface area (Å²) in [7, 11) is -3.74. The molecule has 1 aromatic rings. The summed E-state index contributed by atoms with van der Waals surface area (Å²) in [4.78, 5) is 12.2. The zero-order valence-electron chi connectivity index (χ0n) is 11.7. The lowest BCUT2D eigenvalue weighted by Crippen LogP contribution is -2.48. The Morgan fingerprint density at radius 2 is 2.10 bits per heavy atom. The molecule has 0 aromatic heterocycles. The minimum atomic E-state index is -3.74. The van der Waals surface area contributed by atoms with E-state index in [0.29, 0.717) is 23.7 Å². The van der Waals surface area contributed by atoms with Gasteiger partial charge in [0.15, 0.2) is 6.10 Å². The lowest BCUT2D eigenvalue weighted by molar-refractivity contribution is -0.128. The molecular weight excluding hydrogens is 292 g/mol. The molecule has 7 heteroatoms. The number of fused-ring (bicyclic) bond motifs is 1. The molecule has 1 aliphatic heterocycles. The zero-order chi connectivity index (χ0) is 15.2. The fraction of sp³-hybridized carbons (Fsp3) is 0.500. The van der Waals surface area contributed by atoms with Crippen molar-refractivity contribution in [1.82, 2.24) is 5.32 Å². The van der Waals surface area contributed by atoms with Crippen LogP contribution in [0.15, 0.2) is 23.1 Å². The minimum Gasteiger partial charge on any atom is -0.480 e. The first kappa shape index (κ1) is 14.3. The molecule has 1 amide bonds. The number of nitrogens with two attached hydrogens (primary N) is 1. The Morgan fingerprint density at radius 3 is 2.71 bits per heavy atom. The second-order valence-corrected chi connectivity index (χ2v) is 7.47. The first-order valence-electron chi connectivity index (χ1n) is 6.95. The van der Waals surface area contributed by atoms with E-state index in [1.54, 1.807) is 6.07 Å². The molecule has 21 heavy (non-hydrogen) atoms. The van der Waals surface area contributed by atoms with E-state index < -0.39 is 16.1 Å². The normalized spacial score (nSPS) is 27.4. The van der Waals surface area contributed by atoms with Gasteiger partial charge in [0.25, 0.3) is 5.91 Å². The molecule has 1 atom stereocenters. The summed E-state index contributed by atoms with van der Waals surface area (Å²) in [6.07, 6.45) is 1.78. The van der Waals surface area contributed by atoms with Crippen molar-refractivity contribution in [2.75, 3.05) is 0 Å². The molecule has 1 heterocycles. The molecule has 0 bridgehead atoms. The molecule has 2 aliphatic rings. The molecule has 114 valence electrons. The van der Waals surface area contributed by atoms with Crippen molar-refractivity contribution in [3.05, 3.63) is 23.8 Å². The summed E-state index contributed by atoms with van der Waals surface area (Å²) in [6, 6.07) is 4.65. The number of sulfonamides is 1. The van der Waals surface area contributed by atoms with Gasteiger partial charge < -0.3 is 10.1 Å². The summed E-state index contributed by atoms with van der Waals surface area (Å²) < 4.78 is 28.2. The van der Waals surface area contributed by atoms with Crippen molar-refractivity contribution >= 4 is 15.9 Å². The van der Waals surface area contributed by atoms with Crippen molar-refractivity contribution in [1.29, 1.82) is 0 Å². The molecular formula is C14H18N2O4S. The van der Waals surface area contributed by atoms with Crippen molar-refractivity contribution in [3.63, 3.8) is 0 Å². The van der Waals surface area contributed by atoms with Crippen LogP contribution in [-0.4, -0.2) is 26.5 Å². The average Bonchev–Trinajstić information content (AvgIpc) is 2.78. The standard InChI is InChI=1S/C14H18N2O4S/c1-8-4-10(5-8)16-14(17)13-7-9-6-11(21(15,18)19)2-3-12(9)20-13/h2-3,6,8,10,13H,4-5,7H2,1H3,(H,16,17)(H2,15,18,19). The number of amides is 1. The van der Waals surface area contributed by atoms with Gasteiger partial charge in [0.2, 0.25) is 10.0 Å². The van der Waals surface area contributed by atoms with Crippen LogP contribution in [0.25, 0.3) is 0 Å². The van der Waals surface area contributed by atoms with E-state index in [2.05, 4.69) is 12.2 Å². The minimum absolute atomic E-state index is 0.0405. The molecule has 0 radical (unpaired) electrons. The Balaban J connectivity index is 1.68. The van der Waals surface area contributed by atoms with Gasteiger partial charge in [-0.3, -0.25) is 4.79 Å². The third-order valence-corrected chi connectivity index (χ3v) is 4.96. The fourth-order valence-electron chi connectivity index (χ4n) is 2.86. The molecule has 1 aliphatic carbocycles. The largest absolute Gasteiger partial charge is 0.480 e. The van der Waals surface area contributed by atoms with Gasteiger partial charge in [-0.05, 0) is 42.5 Å². The Labute approximate surface area is 123 Å². The maximum atomic E-state index is 12.1. The first-order valence-corrected chi connectivity index (χ1v) is 8.50. The van der Waals surface area contributed by atoms with Gasteiger partial charge in [-0.25, -0.2) is 13.6 Å². The number of rotatable bonds is 3. The molecule has 1 aromatic carbocycles. The number of hydrogen-bond acceptors (Lipinski definition) is 4. The van der Waals surface area contributed by atoms with E-state index >= 15 is 0 Å². The van der Waals surface area contributed by atoms with Crippen LogP contribution < -0.4 is 15.2 Å². The van der Waals surface area contributed by atoms with Crippen molar-refractivity contribution in [2.24, 2.45) is 11.1 Å². The number of ether oxygens (including phenoxy) is 1. The van der Waals surface area contributed by atoms with Crippen LogP contribution in [0.5, 0.6) is 5.75 Å². The lowest BCUT2D eigenvalue weighted by atomic mass is 9.82. The van der Waals surface area contributed by atoms with Gasteiger partial charge in [-0.15, -0.1) is 0 Å². The van der Waals surface area contributed by atoms with Crippen LogP contribution >= 0.6 is 0 Å². The van der Waals surface area contributed by atoms with Crippen molar-refractivity contribution < 1.29 is 17.9 Å². The van der Waals surface area contributed by atoms with Crippen molar-refractivity contribution in [3.8, 4) is 5.75 Å².